The maximum atomic E-state index is 11.3. The third-order valence-electron chi connectivity index (χ3n) is 2.10. The van der Waals surface area contributed by atoms with Crippen molar-refractivity contribution < 1.29 is 9.28 Å². The van der Waals surface area contributed by atoms with Crippen LogP contribution in [0.1, 0.15) is 27.2 Å². The first-order valence-electron chi connectivity index (χ1n) is 5.41. The summed E-state index contributed by atoms with van der Waals surface area (Å²) >= 11 is 2.15. The summed E-state index contributed by atoms with van der Waals surface area (Å²) in [7, 11) is 6.41. The molecule has 0 heterocycles. The molecule has 2 nitrogen and oxygen atoms in total. The van der Waals surface area contributed by atoms with E-state index in [1.165, 1.54) is 0 Å². The number of carbonyl (C=O) groups is 1. The number of nitrogens with zero attached hydrogens (tertiary/aromatic N) is 1. The van der Waals surface area contributed by atoms with E-state index in [9.17, 15) is 4.79 Å². The maximum absolute atomic E-state index is 11.3. The minimum atomic E-state index is 0.236. The van der Waals surface area contributed by atoms with Gasteiger partial charge in [0.1, 0.15) is 5.78 Å². The lowest BCUT2D eigenvalue weighted by Crippen LogP contribution is -2.41. The summed E-state index contributed by atoms with van der Waals surface area (Å²) in [5.41, 5.74) is 0. The molecule has 0 aromatic heterocycles. The number of halogens is 1. The fraction of sp³-hybridized carbons (Fsp3) is 0.917. The zero-order chi connectivity index (χ0) is 12.6. The number of ketones is 1. The molecule has 0 rings (SSSR count). The van der Waals surface area contributed by atoms with Gasteiger partial charge >= 0.3 is 0 Å². The number of Topliss-reactive ketones (excluding diaryl/α,β-unsaturated/α-hetero) is 1. The second kappa shape index (κ2) is 8.50. The Bertz CT molecular complexity index is 173. The molecular weight excluding hydrogens is 301 g/mol. The van der Waals surface area contributed by atoms with Gasteiger partial charge in [0, 0.05) is 0 Å². The van der Waals surface area contributed by atoms with Gasteiger partial charge in [-0.1, -0.05) is 36.4 Å². The molecule has 0 radical (unpaired) electrons. The highest BCUT2D eigenvalue weighted by atomic mass is 127. The van der Waals surface area contributed by atoms with Crippen molar-refractivity contribution in [3.63, 3.8) is 0 Å². The molecule has 0 saturated heterocycles. The van der Waals surface area contributed by atoms with Crippen molar-refractivity contribution >= 4 is 28.4 Å². The fourth-order valence-electron chi connectivity index (χ4n) is 1.60. The first-order valence-corrected chi connectivity index (χ1v) is 7.57. The molecule has 15 heavy (non-hydrogen) atoms. The average Bonchev–Trinajstić information content (AvgIpc) is 2.03. The summed E-state index contributed by atoms with van der Waals surface area (Å²) < 4.78 is 0.872. The van der Waals surface area contributed by atoms with E-state index in [-0.39, 0.29) is 5.92 Å². The van der Waals surface area contributed by atoms with E-state index >= 15 is 0 Å². The highest BCUT2D eigenvalue weighted by Crippen LogP contribution is 2.15. The molecular formula is C12H27INO+. The van der Waals surface area contributed by atoms with E-state index in [2.05, 4.69) is 57.6 Å². The highest BCUT2D eigenvalue weighted by molar-refractivity contribution is 14.1. The molecule has 0 spiro atoms. The van der Waals surface area contributed by atoms with Crippen LogP contribution in [-0.2, 0) is 4.79 Å². The molecule has 1 atom stereocenters. The Morgan fingerprint density at radius 3 is 1.80 bits per heavy atom. The predicted octanol–water partition coefficient (Wildman–Crippen LogP) is 3.00. The minimum Gasteiger partial charge on any atom is -0.330 e. The van der Waals surface area contributed by atoms with Crippen LogP contribution in [0.3, 0.4) is 0 Å². The Labute approximate surface area is 109 Å². The first-order chi connectivity index (χ1) is 6.72. The summed E-state index contributed by atoms with van der Waals surface area (Å²) in [6.07, 6.45) is 1.02. The molecule has 0 N–H and O–H groups in total. The molecule has 0 saturated carbocycles. The minimum absolute atomic E-state index is 0.236. The van der Waals surface area contributed by atoms with Gasteiger partial charge in [-0.25, -0.2) is 0 Å². The second-order valence-electron chi connectivity index (χ2n) is 5.41. The summed E-state index contributed by atoms with van der Waals surface area (Å²) in [5, 5.41) is 0. The van der Waals surface area contributed by atoms with Crippen LogP contribution in [0.5, 0.6) is 0 Å². The number of hydrogen-bond acceptors (Lipinski definition) is 1. The lowest BCUT2D eigenvalue weighted by Gasteiger charge is -2.28. The molecule has 3 heteroatoms. The van der Waals surface area contributed by atoms with Crippen molar-refractivity contribution in [3.05, 3.63) is 0 Å². The van der Waals surface area contributed by atoms with Crippen LogP contribution in [0.2, 0.25) is 0 Å². The summed E-state index contributed by atoms with van der Waals surface area (Å²) in [5.74, 6) is 1.18. The van der Waals surface area contributed by atoms with Crippen molar-refractivity contribution in [2.75, 3.05) is 32.6 Å². The smallest absolute Gasteiger partial charge is 0.138 e. The lowest BCUT2D eigenvalue weighted by atomic mass is 9.93. The van der Waals surface area contributed by atoms with E-state index in [1.54, 1.807) is 6.92 Å². The molecule has 1 unspecified atom stereocenters. The molecule has 92 valence electrons. The summed E-state index contributed by atoms with van der Waals surface area (Å²) in [4.78, 5) is 13.3. The van der Waals surface area contributed by atoms with Gasteiger partial charge in [-0.15, -0.1) is 0 Å². The summed E-state index contributed by atoms with van der Waals surface area (Å²) in [6.45, 7) is 7.01. The molecule has 0 aromatic carbocycles. The van der Waals surface area contributed by atoms with Crippen LogP contribution in [0.25, 0.3) is 0 Å². The van der Waals surface area contributed by atoms with Crippen molar-refractivity contribution in [1.29, 1.82) is 0 Å². The zero-order valence-corrected chi connectivity index (χ0v) is 13.5. The van der Waals surface area contributed by atoms with Crippen LogP contribution in [0.4, 0.5) is 0 Å². The van der Waals surface area contributed by atoms with Gasteiger partial charge in [-0.3, -0.25) is 4.79 Å². The topological polar surface area (TPSA) is 17.1 Å². The van der Waals surface area contributed by atoms with Gasteiger partial charge in [-0.05, 0) is 24.2 Å². The van der Waals surface area contributed by atoms with Gasteiger partial charge in [0.15, 0.2) is 0 Å². The van der Waals surface area contributed by atoms with E-state index in [0.717, 1.165) is 17.4 Å². The summed E-state index contributed by atoms with van der Waals surface area (Å²) in [6, 6.07) is 0. The van der Waals surface area contributed by atoms with Gasteiger partial charge in [0.25, 0.3) is 0 Å². The molecule has 0 amide bonds. The van der Waals surface area contributed by atoms with E-state index < -0.39 is 0 Å². The van der Waals surface area contributed by atoms with E-state index in [1.807, 2.05) is 4.93 Å². The Kier molecular flexibility index (Phi) is 10.1. The average molecular weight is 328 g/mol. The fourth-order valence-corrected chi connectivity index (χ4v) is 1.60. The van der Waals surface area contributed by atoms with Crippen molar-refractivity contribution in [2.24, 2.45) is 11.8 Å². The Morgan fingerprint density at radius 2 is 1.60 bits per heavy atom. The van der Waals surface area contributed by atoms with Crippen molar-refractivity contribution in [1.82, 2.24) is 0 Å². The quantitative estimate of drug-likeness (QED) is 0.431. The number of quaternary nitrogens is 1. The zero-order valence-electron chi connectivity index (χ0n) is 11.3. The highest BCUT2D eigenvalue weighted by Gasteiger charge is 2.22. The number of alkyl halides is 1. The van der Waals surface area contributed by atoms with Crippen LogP contribution < -0.4 is 0 Å². The monoisotopic (exact) mass is 328 g/mol. The number of carbonyl (C=O) groups excluding carboxylic acids is 1. The number of hydrogen-bond donors (Lipinski definition) is 0. The van der Waals surface area contributed by atoms with Gasteiger partial charge in [0.2, 0.25) is 0 Å². The molecule has 0 fully saturated rings. The Morgan fingerprint density at radius 1 is 1.20 bits per heavy atom. The lowest BCUT2D eigenvalue weighted by molar-refractivity contribution is -0.872. The van der Waals surface area contributed by atoms with Crippen LogP contribution >= 0.6 is 22.6 Å². The SMILES string of the molecule is CC(=O)C(CC(C)C)C[N+](C)(C)C.CI. The van der Waals surface area contributed by atoms with E-state index in [4.69, 9.17) is 0 Å². The van der Waals surface area contributed by atoms with Crippen molar-refractivity contribution in [2.45, 2.75) is 27.2 Å². The standard InChI is InChI=1S/C11H24NO.CH3I/c1-9(2)7-11(10(3)13)8-12(4,5)6;1-2/h9,11H,7-8H2,1-6H3;1H3/q+1;. The third-order valence-corrected chi connectivity index (χ3v) is 2.10. The third kappa shape index (κ3) is 12.3. The molecule has 0 aliphatic carbocycles. The van der Waals surface area contributed by atoms with Gasteiger partial charge in [0.05, 0.1) is 33.6 Å². The van der Waals surface area contributed by atoms with Crippen LogP contribution in [-0.4, -0.2) is 42.9 Å². The Balaban J connectivity index is 0. The largest absolute Gasteiger partial charge is 0.330 e. The number of rotatable bonds is 5. The molecule has 0 aliphatic rings. The van der Waals surface area contributed by atoms with E-state index in [0.29, 0.717) is 11.7 Å². The molecule has 0 aliphatic heterocycles. The van der Waals surface area contributed by atoms with Gasteiger partial charge in [-0.2, -0.15) is 0 Å². The van der Waals surface area contributed by atoms with Crippen LogP contribution in [0.15, 0.2) is 0 Å². The normalized spacial score (nSPS) is 13.1. The predicted molar refractivity (Wildman–Crippen MR) is 76.5 cm³/mol. The molecule has 0 bridgehead atoms. The van der Waals surface area contributed by atoms with Gasteiger partial charge < -0.3 is 4.48 Å². The van der Waals surface area contributed by atoms with Crippen molar-refractivity contribution in [3.8, 4) is 0 Å². The molecule has 0 aromatic rings. The Hall–Kier alpha value is 0.360. The van der Waals surface area contributed by atoms with Crippen LogP contribution in [0, 0.1) is 11.8 Å². The second-order valence-corrected chi connectivity index (χ2v) is 5.41. The maximum Gasteiger partial charge on any atom is 0.138 e. The first kappa shape index (κ1) is 17.7.